The third-order valence-corrected chi connectivity index (χ3v) is 1.53. The predicted molar refractivity (Wildman–Crippen MR) is 43.5 cm³/mol. The van der Waals surface area contributed by atoms with Gasteiger partial charge in [0.1, 0.15) is 0 Å². The summed E-state index contributed by atoms with van der Waals surface area (Å²) in [5.74, 6) is 0.787. The predicted octanol–water partition coefficient (Wildman–Crippen LogP) is 3.39. The third-order valence-electron chi connectivity index (χ3n) is 1.53. The molecule has 0 aliphatic carbocycles. The van der Waals surface area contributed by atoms with Gasteiger partial charge in [0.25, 0.3) is 0 Å². The lowest BCUT2D eigenvalue weighted by Crippen LogP contribution is -1.87. The molecule has 0 spiro atoms. The van der Waals surface area contributed by atoms with Crippen LogP contribution in [0.15, 0.2) is 12.2 Å². The van der Waals surface area contributed by atoms with Crippen molar-refractivity contribution in [2.24, 2.45) is 5.92 Å². The van der Waals surface area contributed by atoms with E-state index in [1.807, 2.05) is 0 Å². The molecular weight excluding hydrogens is 108 g/mol. The quantitative estimate of drug-likeness (QED) is 0.506. The van der Waals surface area contributed by atoms with Gasteiger partial charge in [-0.1, -0.05) is 38.8 Å². The van der Waals surface area contributed by atoms with Crippen molar-refractivity contribution in [2.75, 3.05) is 0 Å². The average molecular weight is 126 g/mol. The van der Waals surface area contributed by atoms with E-state index in [0.717, 1.165) is 5.92 Å². The van der Waals surface area contributed by atoms with Gasteiger partial charge < -0.3 is 0 Å². The number of unbranched alkanes of at least 4 members (excludes halogenated alkanes) is 1. The summed E-state index contributed by atoms with van der Waals surface area (Å²) in [6, 6.07) is 0. The van der Waals surface area contributed by atoms with Gasteiger partial charge in [-0.3, -0.25) is 0 Å². The largest absolute Gasteiger partial charge is 0.0914 e. The van der Waals surface area contributed by atoms with Crippen molar-refractivity contribution in [3.8, 4) is 0 Å². The Bertz CT molecular complexity index is 72.1. The Kier molecular flexibility index (Phi) is 5.70. The second kappa shape index (κ2) is 5.87. The van der Waals surface area contributed by atoms with E-state index in [2.05, 4.69) is 32.9 Å². The molecule has 54 valence electrons. The minimum Gasteiger partial charge on any atom is -0.0914 e. The van der Waals surface area contributed by atoms with E-state index in [-0.39, 0.29) is 0 Å². The highest BCUT2D eigenvalue weighted by atomic mass is 14.0. The van der Waals surface area contributed by atoms with Crippen LogP contribution in [0.25, 0.3) is 0 Å². The molecule has 0 fully saturated rings. The van der Waals surface area contributed by atoms with E-state index in [1.54, 1.807) is 0 Å². The summed E-state index contributed by atoms with van der Waals surface area (Å²) < 4.78 is 0. The average Bonchev–Trinajstić information content (AvgIpc) is 1.85. The van der Waals surface area contributed by atoms with E-state index in [9.17, 15) is 0 Å². The Hall–Kier alpha value is -0.260. The minimum absolute atomic E-state index is 0.787. The van der Waals surface area contributed by atoms with Gasteiger partial charge >= 0.3 is 0 Å². The van der Waals surface area contributed by atoms with Crippen molar-refractivity contribution in [1.29, 1.82) is 0 Å². The molecule has 0 nitrogen and oxygen atoms in total. The van der Waals surface area contributed by atoms with E-state index < -0.39 is 0 Å². The summed E-state index contributed by atoms with van der Waals surface area (Å²) in [4.78, 5) is 0. The van der Waals surface area contributed by atoms with E-state index >= 15 is 0 Å². The van der Waals surface area contributed by atoms with Crippen LogP contribution in [0.4, 0.5) is 0 Å². The van der Waals surface area contributed by atoms with Gasteiger partial charge in [0, 0.05) is 0 Å². The standard InChI is InChI=1S/C9H18/c1-4-6-8-9(3)7-5-2/h5,7,9H,4,6,8H2,1-3H3/b7-5+. The van der Waals surface area contributed by atoms with Gasteiger partial charge in [0.2, 0.25) is 0 Å². The van der Waals surface area contributed by atoms with Crippen LogP contribution < -0.4 is 0 Å². The first-order chi connectivity index (χ1) is 4.31. The Morgan fingerprint density at radius 1 is 1.44 bits per heavy atom. The van der Waals surface area contributed by atoms with Crippen LogP contribution in [0.5, 0.6) is 0 Å². The molecule has 0 rings (SSSR count). The second-order valence-corrected chi connectivity index (χ2v) is 2.65. The summed E-state index contributed by atoms with van der Waals surface area (Å²) in [7, 11) is 0. The Morgan fingerprint density at radius 3 is 2.56 bits per heavy atom. The lowest BCUT2D eigenvalue weighted by atomic mass is 10.0. The highest BCUT2D eigenvalue weighted by Crippen LogP contribution is 2.07. The van der Waals surface area contributed by atoms with Gasteiger partial charge in [-0.25, -0.2) is 0 Å². The molecule has 0 heterocycles. The summed E-state index contributed by atoms with van der Waals surface area (Å²) in [6.45, 7) is 6.60. The van der Waals surface area contributed by atoms with Gasteiger partial charge in [-0.15, -0.1) is 0 Å². The van der Waals surface area contributed by atoms with E-state index in [1.165, 1.54) is 19.3 Å². The van der Waals surface area contributed by atoms with Crippen LogP contribution in [-0.2, 0) is 0 Å². The topological polar surface area (TPSA) is 0 Å². The molecule has 1 unspecified atom stereocenters. The molecule has 0 heteroatoms. The zero-order valence-corrected chi connectivity index (χ0v) is 6.85. The third kappa shape index (κ3) is 5.61. The van der Waals surface area contributed by atoms with Crippen LogP contribution in [0, 0.1) is 5.92 Å². The molecule has 0 aromatic rings. The fourth-order valence-corrected chi connectivity index (χ4v) is 0.951. The SMILES string of the molecule is C/C=C/C(C)CCCC. The molecule has 1 atom stereocenters. The molecule has 0 aliphatic rings. The smallest absolute Gasteiger partial charge is 0.0262 e. The summed E-state index contributed by atoms with van der Waals surface area (Å²) in [5, 5.41) is 0. The lowest BCUT2D eigenvalue weighted by molar-refractivity contribution is 0.598. The van der Waals surface area contributed by atoms with Crippen molar-refractivity contribution in [1.82, 2.24) is 0 Å². The summed E-state index contributed by atoms with van der Waals surface area (Å²) in [6.07, 6.45) is 8.45. The van der Waals surface area contributed by atoms with Gasteiger partial charge in [-0.05, 0) is 19.3 Å². The molecule has 0 saturated carbocycles. The molecule has 0 amide bonds. The summed E-state index contributed by atoms with van der Waals surface area (Å²) in [5.41, 5.74) is 0. The first-order valence-electron chi connectivity index (χ1n) is 3.94. The highest BCUT2D eigenvalue weighted by molar-refractivity contribution is 4.82. The maximum atomic E-state index is 2.27. The zero-order valence-electron chi connectivity index (χ0n) is 6.85. The van der Waals surface area contributed by atoms with Crippen molar-refractivity contribution in [2.45, 2.75) is 40.0 Å². The van der Waals surface area contributed by atoms with Gasteiger partial charge in [0.15, 0.2) is 0 Å². The van der Waals surface area contributed by atoms with Crippen molar-refractivity contribution >= 4 is 0 Å². The van der Waals surface area contributed by atoms with E-state index in [0.29, 0.717) is 0 Å². The van der Waals surface area contributed by atoms with E-state index in [4.69, 9.17) is 0 Å². The van der Waals surface area contributed by atoms with Gasteiger partial charge in [0.05, 0.1) is 0 Å². The summed E-state index contributed by atoms with van der Waals surface area (Å²) >= 11 is 0. The van der Waals surface area contributed by atoms with Gasteiger partial charge in [-0.2, -0.15) is 0 Å². The number of allylic oxidation sites excluding steroid dienone is 2. The normalized spacial score (nSPS) is 14.6. The van der Waals surface area contributed by atoms with Crippen LogP contribution in [0.3, 0.4) is 0 Å². The maximum absolute atomic E-state index is 2.27. The molecule has 0 aromatic heterocycles. The fraction of sp³-hybridized carbons (Fsp3) is 0.778. The van der Waals surface area contributed by atoms with Crippen LogP contribution in [0.1, 0.15) is 40.0 Å². The Balaban J connectivity index is 3.15. The zero-order chi connectivity index (χ0) is 7.11. The second-order valence-electron chi connectivity index (χ2n) is 2.65. The van der Waals surface area contributed by atoms with Crippen molar-refractivity contribution < 1.29 is 0 Å². The number of hydrogen-bond donors (Lipinski definition) is 0. The molecule has 9 heavy (non-hydrogen) atoms. The first-order valence-corrected chi connectivity index (χ1v) is 3.94. The Morgan fingerprint density at radius 2 is 2.11 bits per heavy atom. The van der Waals surface area contributed by atoms with Crippen LogP contribution >= 0.6 is 0 Å². The lowest BCUT2D eigenvalue weighted by Gasteiger charge is -2.02. The molecular formula is C9H18. The molecule has 0 saturated heterocycles. The molecule has 0 radical (unpaired) electrons. The van der Waals surface area contributed by atoms with Crippen molar-refractivity contribution in [3.63, 3.8) is 0 Å². The monoisotopic (exact) mass is 126 g/mol. The van der Waals surface area contributed by atoms with Crippen molar-refractivity contribution in [3.05, 3.63) is 12.2 Å². The molecule has 0 aliphatic heterocycles. The minimum atomic E-state index is 0.787. The van der Waals surface area contributed by atoms with Crippen LogP contribution in [-0.4, -0.2) is 0 Å². The first kappa shape index (κ1) is 8.74. The Labute approximate surface area is 59.0 Å². The fourth-order valence-electron chi connectivity index (χ4n) is 0.951. The molecule has 0 bridgehead atoms. The highest BCUT2D eigenvalue weighted by Gasteiger charge is 1.92. The number of rotatable bonds is 4. The van der Waals surface area contributed by atoms with Crippen LogP contribution in [0.2, 0.25) is 0 Å². The molecule has 0 aromatic carbocycles. The molecule has 0 N–H and O–H groups in total. The maximum Gasteiger partial charge on any atom is -0.0262 e. The number of hydrogen-bond acceptors (Lipinski definition) is 0.